The number of amides is 1. The summed E-state index contributed by atoms with van der Waals surface area (Å²) in [6, 6.07) is 20.9. The SMILES string of the molecule is CCC1CCN(C(=O)CN(Cc2ccccc2)Cc2ccccc2)CC1. The highest BCUT2D eigenvalue weighted by molar-refractivity contribution is 5.78. The molecule has 2 aromatic carbocycles. The van der Waals surface area contributed by atoms with Crippen LogP contribution in [0.15, 0.2) is 60.7 Å². The normalized spacial score (nSPS) is 15.4. The van der Waals surface area contributed by atoms with Crippen molar-refractivity contribution in [1.82, 2.24) is 9.80 Å². The van der Waals surface area contributed by atoms with E-state index in [1.807, 2.05) is 12.1 Å². The van der Waals surface area contributed by atoms with E-state index in [0.717, 1.165) is 44.9 Å². The number of hydrogen-bond acceptors (Lipinski definition) is 2. The zero-order valence-electron chi connectivity index (χ0n) is 15.8. The zero-order valence-corrected chi connectivity index (χ0v) is 15.8. The fourth-order valence-electron chi connectivity index (χ4n) is 3.73. The topological polar surface area (TPSA) is 23.6 Å². The summed E-state index contributed by atoms with van der Waals surface area (Å²) in [6.07, 6.45) is 3.54. The Morgan fingerprint density at radius 3 is 1.88 bits per heavy atom. The van der Waals surface area contributed by atoms with E-state index in [1.54, 1.807) is 0 Å². The van der Waals surface area contributed by atoms with E-state index >= 15 is 0 Å². The number of hydrogen-bond donors (Lipinski definition) is 0. The first-order chi connectivity index (χ1) is 12.7. The van der Waals surface area contributed by atoms with Gasteiger partial charge in [0, 0.05) is 26.2 Å². The maximum Gasteiger partial charge on any atom is 0.236 e. The van der Waals surface area contributed by atoms with Crippen molar-refractivity contribution in [2.45, 2.75) is 39.3 Å². The molecule has 0 bridgehead atoms. The fraction of sp³-hybridized carbons (Fsp3) is 0.435. The Balaban J connectivity index is 1.63. The van der Waals surface area contributed by atoms with Crippen LogP contribution < -0.4 is 0 Å². The van der Waals surface area contributed by atoms with E-state index in [2.05, 4.69) is 65.3 Å². The van der Waals surface area contributed by atoms with Gasteiger partial charge in [-0.1, -0.05) is 74.0 Å². The lowest BCUT2D eigenvalue weighted by Gasteiger charge is -2.33. The van der Waals surface area contributed by atoms with Crippen LogP contribution in [0, 0.1) is 5.92 Å². The number of benzene rings is 2. The Kier molecular flexibility index (Phi) is 6.84. The molecule has 0 radical (unpaired) electrons. The molecular weight excluding hydrogens is 320 g/mol. The molecule has 0 atom stereocenters. The molecule has 138 valence electrons. The summed E-state index contributed by atoms with van der Waals surface area (Å²) in [5, 5.41) is 0. The van der Waals surface area contributed by atoms with E-state index in [9.17, 15) is 4.79 Å². The molecule has 1 fully saturated rings. The number of rotatable bonds is 7. The Morgan fingerprint density at radius 2 is 1.42 bits per heavy atom. The predicted molar refractivity (Wildman–Crippen MR) is 107 cm³/mol. The molecule has 1 amide bonds. The number of likely N-dealkylation sites (tertiary alicyclic amines) is 1. The fourth-order valence-corrected chi connectivity index (χ4v) is 3.73. The molecule has 26 heavy (non-hydrogen) atoms. The lowest BCUT2D eigenvalue weighted by molar-refractivity contribution is -0.134. The molecule has 0 spiro atoms. The number of carbonyl (C=O) groups is 1. The van der Waals surface area contributed by atoms with Crippen molar-refractivity contribution in [3.05, 3.63) is 71.8 Å². The minimum atomic E-state index is 0.270. The lowest BCUT2D eigenvalue weighted by atomic mass is 9.94. The monoisotopic (exact) mass is 350 g/mol. The Hall–Kier alpha value is -2.13. The highest BCUT2D eigenvalue weighted by atomic mass is 16.2. The summed E-state index contributed by atoms with van der Waals surface area (Å²) in [6.45, 7) is 6.17. The molecule has 1 heterocycles. The molecule has 3 heteroatoms. The third kappa shape index (κ3) is 5.43. The average Bonchev–Trinajstić information content (AvgIpc) is 2.69. The van der Waals surface area contributed by atoms with Gasteiger partial charge >= 0.3 is 0 Å². The Morgan fingerprint density at radius 1 is 0.923 bits per heavy atom. The first kappa shape index (κ1) is 18.7. The standard InChI is InChI=1S/C23H30N2O/c1-2-20-13-15-25(16-14-20)23(26)19-24(17-21-9-5-3-6-10-21)18-22-11-7-4-8-12-22/h3-12,20H,2,13-19H2,1H3. The van der Waals surface area contributed by atoms with Gasteiger partial charge in [-0.15, -0.1) is 0 Å². The van der Waals surface area contributed by atoms with Crippen LogP contribution in [0.25, 0.3) is 0 Å². The molecule has 1 aliphatic heterocycles. The van der Waals surface area contributed by atoms with Gasteiger partial charge in [0.15, 0.2) is 0 Å². The largest absolute Gasteiger partial charge is 0.342 e. The maximum atomic E-state index is 12.9. The summed E-state index contributed by atoms with van der Waals surface area (Å²) >= 11 is 0. The summed E-state index contributed by atoms with van der Waals surface area (Å²) in [4.78, 5) is 17.2. The smallest absolute Gasteiger partial charge is 0.236 e. The van der Waals surface area contributed by atoms with Crippen LogP contribution in [0.1, 0.15) is 37.3 Å². The summed E-state index contributed by atoms with van der Waals surface area (Å²) in [5.74, 6) is 1.07. The third-order valence-corrected chi connectivity index (χ3v) is 5.40. The lowest BCUT2D eigenvalue weighted by Crippen LogP contribution is -2.43. The Bertz CT molecular complexity index is 622. The molecule has 0 aromatic heterocycles. The van der Waals surface area contributed by atoms with E-state index in [0.29, 0.717) is 6.54 Å². The molecule has 0 saturated carbocycles. The van der Waals surface area contributed by atoms with Crippen molar-refractivity contribution in [3.8, 4) is 0 Å². The van der Waals surface area contributed by atoms with Gasteiger partial charge < -0.3 is 4.90 Å². The van der Waals surface area contributed by atoms with Gasteiger partial charge in [0.2, 0.25) is 5.91 Å². The number of piperidine rings is 1. The first-order valence-electron chi connectivity index (χ1n) is 9.82. The molecule has 0 aliphatic carbocycles. The number of nitrogens with zero attached hydrogens (tertiary/aromatic N) is 2. The van der Waals surface area contributed by atoms with Crippen LogP contribution in [0.5, 0.6) is 0 Å². The van der Waals surface area contributed by atoms with Crippen LogP contribution in [0.2, 0.25) is 0 Å². The van der Waals surface area contributed by atoms with Crippen molar-refractivity contribution in [2.75, 3.05) is 19.6 Å². The third-order valence-electron chi connectivity index (χ3n) is 5.40. The van der Waals surface area contributed by atoms with E-state index in [-0.39, 0.29) is 5.91 Å². The minimum absolute atomic E-state index is 0.270. The highest BCUT2D eigenvalue weighted by Gasteiger charge is 2.23. The second-order valence-corrected chi connectivity index (χ2v) is 7.35. The quantitative estimate of drug-likeness (QED) is 0.742. The summed E-state index contributed by atoms with van der Waals surface area (Å²) in [5.41, 5.74) is 2.50. The molecule has 3 rings (SSSR count). The first-order valence-corrected chi connectivity index (χ1v) is 9.82. The molecule has 2 aromatic rings. The van der Waals surface area contributed by atoms with Crippen molar-refractivity contribution in [2.24, 2.45) is 5.92 Å². The van der Waals surface area contributed by atoms with Gasteiger partial charge in [-0.25, -0.2) is 0 Å². The average molecular weight is 351 g/mol. The van der Waals surface area contributed by atoms with Crippen LogP contribution in [-0.4, -0.2) is 35.3 Å². The van der Waals surface area contributed by atoms with Gasteiger partial charge in [0.1, 0.15) is 0 Å². The van der Waals surface area contributed by atoms with E-state index < -0.39 is 0 Å². The molecule has 1 saturated heterocycles. The molecule has 0 unspecified atom stereocenters. The van der Waals surface area contributed by atoms with Crippen LogP contribution in [0.4, 0.5) is 0 Å². The molecule has 0 N–H and O–H groups in total. The predicted octanol–water partition coefficient (Wildman–Crippen LogP) is 4.34. The molecular formula is C23H30N2O. The van der Waals surface area contributed by atoms with Gasteiger partial charge in [-0.05, 0) is 29.9 Å². The molecule has 1 aliphatic rings. The summed E-state index contributed by atoms with van der Waals surface area (Å²) in [7, 11) is 0. The van der Waals surface area contributed by atoms with Crippen LogP contribution in [-0.2, 0) is 17.9 Å². The van der Waals surface area contributed by atoms with Crippen molar-refractivity contribution in [3.63, 3.8) is 0 Å². The van der Waals surface area contributed by atoms with Crippen molar-refractivity contribution in [1.29, 1.82) is 0 Å². The van der Waals surface area contributed by atoms with Crippen molar-refractivity contribution >= 4 is 5.91 Å². The molecule has 3 nitrogen and oxygen atoms in total. The maximum absolute atomic E-state index is 12.9. The van der Waals surface area contributed by atoms with Crippen molar-refractivity contribution < 1.29 is 4.79 Å². The second kappa shape index (κ2) is 9.54. The van der Waals surface area contributed by atoms with Gasteiger partial charge in [0.05, 0.1) is 6.54 Å². The van der Waals surface area contributed by atoms with Crippen LogP contribution in [0.3, 0.4) is 0 Å². The number of carbonyl (C=O) groups excluding carboxylic acids is 1. The minimum Gasteiger partial charge on any atom is -0.342 e. The summed E-state index contributed by atoms with van der Waals surface area (Å²) < 4.78 is 0. The zero-order chi connectivity index (χ0) is 18.2. The Labute approximate surface area is 157 Å². The highest BCUT2D eigenvalue weighted by Crippen LogP contribution is 2.20. The van der Waals surface area contributed by atoms with E-state index in [1.165, 1.54) is 17.5 Å². The van der Waals surface area contributed by atoms with Gasteiger partial charge in [-0.2, -0.15) is 0 Å². The second-order valence-electron chi connectivity index (χ2n) is 7.35. The van der Waals surface area contributed by atoms with Gasteiger partial charge in [0.25, 0.3) is 0 Å². The van der Waals surface area contributed by atoms with Crippen LogP contribution >= 0.6 is 0 Å². The van der Waals surface area contributed by atoms with Gasteiger partial charge in [-0.3, -0.25) is 9.69 Å². The van der Waals surface area contributed by atoms with E-state index in [4.69, 9.17) is 0 Å².